The van der Waals surface area contributed by atoms with Gasteiger partial charge in [-0.1, -0.05) is 0 Å². The molecule has 1 aliphatic carbocycles. The maximum absolute atomic E-state index is 11.7. The highest BCUT2D eigenvalue weighted by molar-refractivity contribution is 5.87. The maximum atomic E-state index is 11.7. The quantitative estimate of drug-likeness (QED) is 0.419. The lowest BCUT2D eigenvalue weighted by atomic mass is 9.91. The molecule has 5 nitrogen and oxygen atoms in total. The van der Waals surface area contributed by atoms with Crippen molar-refractivity contribution in [1.82, 2.24) is 10.6 Å². The van der Waals surface area contributed by atoms with Crippen LogP contribution in [0.15, 0.2) is 0 Å². The normalized spacial score (nSPS) is 22.6. The number of aliphatic hydroxyl groups excluding tert-OH is 1. The first-order chi connectivity index (χ1) is 6.56. The van der Waals surface area contributed by atoms with Gasteiger partial charge >= 0.3 is 0 Å². The number of amides is 1. The van der Waals surface area contributed by atoms with E-state index in [1.807, 2.05) is 0 Å². The fourth-order valence-corrected chi connectivity index (χ4v) is 1.86. The molecule has 82 valence electrons. The minimum absolute atomic E-state index is 0.136. The summed E-state index contributed by atoms with van der Waals surface area (Å²) in [4.78, 5) is 11.7. The molecule has 2 unspecified atom stereocenters. The molecule has 0 aromatic rings. The van der Waals surface area contributed by atoms with Crippen molar-refractivity contribution in [2.24, 2.45) is 11.7 Å². The molecular weight excluding hydrogens is 182 g/mol. The summed E-state index contributed by atoms with van der Waals surface area (Å²) in [5.74, 6) is 0.116. The highest BCUT2D eigenvalue weighted by Crippen LogP contribution is 2.39. The molecule has 0 aromatic heterocycles. The van der Waals surface area contributed by atoms with Crippen LogP contribution in [0.5, 0.6) is 0 Å². The third-order valence-electron chi connectivity index (χ3n) is 2.69. The lowest BCUT2D eigenvalue weighted by Crippen LogP contribution is -2.64. The fourth-order valence-electron chi connectivity index (χ4n) is 1.86. The molecule has 0 saturated heterocycles. The molecule has 1 amide bonds. The molecular formula is C9H19N3O2. The van der Waals surface area contributed by atoms with Gasteiger partial charge in [0.25, 0.3) is 0 Å². The molecule has 1 fully saturated rings. The Balaban J connectivity index is 2.79. The van der Waals surface area contributed by atoms with E-state index in [9.17, 15) is 9.90 Å². The molecule has 0 bridgehead atoms. The molecule has 0 spiro atoms. The van der Waals surface area contributed by atoms with Gasteiger partial charge in [-0.3, -0.25) is 10.1 Å². The van der Waals surface area contributed by atoms with E-state index in [-0.39, 0.29) is 18.4 Å². The third kappa shape index (κ3) is 2.05. The Hall–Kier alpha value is -0.650. The molecule has 1 aliphatic rings. The van der Waals surface area contributed by atoms with Crippen molar-refractivity contribution in [2.75, 3.05) is 13.6 Å². The Morgan fingerprint density at radius 1 is 1.71 bits per heavy atom. The van der Waals surface area contributed by atoms with Crippen molar-refractivity contribution in [1.29, 1.82) is 0 Å². The topological polar surface area (TPSA) is 87.4 Å². The van der Waals surface area contributed by atoms with Crippen LogP contribution in [-0.2, 0) is 4.79 Å². The molecule has 0 aliphatic heterocycles. The number of carbonyl (C=O) groups is 1. The zero-order valence-electron chi connectivity index (χ0n) is 8.71. The van der Waals surface area contributed by atoms with Crippen molar-refractivity contribution in [2.45, 2.75) is 31.5 Å². The smallest absolute Gasteiger partial charge is 0.241 e. The largest absolute Gasteiger partial charge is 0.379 e. The summed E-state index contributed by atoms with van der Waals surface area (Å²) in [5.41, 5.74) is 4.85. The van der Waals surface area contributed by atoms with Crippen molar-refractivity contribution >= 4 is 5.91 Å². The fraction of sp³-hybridized carbons (Fsp3) is 0.889. The number of carbonyl (C=O) groups excluding carboxylic acids is 1. The number of rotatable bonds is 5. The Kier molecular flexibility index (Phi) is 3.47. The minimum Gasteiger partial charge on any atom is -0.379 e. The van der Waals surface area contributed by atoms with Crippen molar-refractivity contribution in [3.05, 3.63) is 0 Å². The van der Waals surface area contributed by atoms with Gasteiger partial charge in [-0.05, 0) is 25.7 Å². The average molecular weight is 201 g/mol. The monoisotopic (exact) mass is 201 g/mol. The van der Waals surface area contributed by atoms with Crippen LogP contribution in [0.1, 0.15) is 19.8 Å². The second-order valence-corrected chi connectivity index (χ2v) is 3.85. The molecule has 2 atom stereocenters. The average Bonchev–Trinajstić information content (AvgIpc) is 2.96. The molecule has 1 saturated carbocycles. The second kappa shape index (κ2) is 4.25. The first-order valence-corrected chi connectivity index (χ1v) is 4.95. The van der Waals surface area contributed by atoms with Gasteiger partial charge in [0.05, 0.1) is 0 Å². The number of likely N-dealkylation sites (N-methyl/N-ethyl adjacent to an activating group) is 1. The van der Waals surface area contributed by atoms with Crippen molar-refractivity contribution in [3.8, 4) is 0 Å². The van der Waals surface area contributed by atoms with Gasteiger partial charge in [-0.15, -0.1) is 0 Å². The van der Waals surface area contributed by atoms with E-state index in [2.05, 4.69) is 10.6 Å². The second-order valence-electron chi connectivity index (χ2n) is 3.85. The van der Waals surface area contributed by atoms with Gasteiger partial charge in [0.1, 0.15) is 11.8 Å². The molecule has 1 rings (SSSR count). The highest BCUT2D eigenvalue weighted by atomic mass is 16.3. The van der Waals surface area contributed by atoms with Gasteiger partial charge in [0.15, 0.2) is 0 Å². The zero-order valence-corrected chi connectivity index (χ0v) is 8.71. The Morgan fingerprint density at radius 2 is 2.29 bits per heavy atom. The standard InChI is InChI=1S/C9H19N3O2/c1-6(13)12-9(5-10,7-3-4-7)8(14)11-2/h6-7,12-13H,3-5,10H2,1-2H3,(H,11,14). The van der Waals surface area contributed by atoms with E-state index in [0.717, 1.165) is 12.8 Å². The minimum atomic E-state index is -0.789. The number of nitrogens with one attached hydrogen (secondary N) is 2. The molecule has 14 heavy (non-hydrogen) atoms. The van der Waals surface area contributed by atoms with E-state index >= 15 is 0 Å². The van der Waals surface area contributed by atoms with Gasteiger partial charge < -0.3 is 16.2 Å². The summed E-state index contributed by atoms with van der Waals surface area (Å²) >= 11 is 0. The van der Waals surface area contributed by atoms with Gasteiger partial charge in [-0.25, -0.2) is 0 Å². The van der Waals surface area contributed by atoms with Gasteiger partial charge in [-0.2, -0.15) is 0 Å². The summed E-state index contributed by atoms with van der Waals surface area (Å²) < 4.78 is 0. The van der Waals surface area contributed by atoms with E-state index in [1.54, 1.807) is 14.0 Å². The lowest BCUT2D eigenvalue weighted by Gasteiger charge is -2.33. The van der Waals surface area contributed by atoms with Gasteiger partial charge in [0.2, 0.25) is 5.91 Å². The van der Waals surface area contributed by atoms with Crippen LogP contribution in [0.4, 0.5) is 0 Å². The third-order valence-corrected chi connectivity index (χ3v) is 2.69. The summed E-state index contributed by atoms with van der Waals surface area (Å²) in [6, 6.07) is 0. The molecule has 0 aromatic carbocycles. The molecule has 5 heteroatoms. The summed E-state index contributed by atoms with van der Waals surface area (Å²) in [6.07, 6.45) is 1.26. The van der Waals surface area contributed by atoms with Crippen LogP contribution >= 0.6 is 0 Å². The van der Waals surface area contributed by atoms with Gasteiger partial charge in [0, 0.05) is 13.6 Å². The van der Waals surface area contributed by atoms with E-state index in [1.165, 1.54) is 0 Å². The Bertz CT molecular complexity index is 216. The van der Waals surface area contributed by atoms with E-state index in [0.29, 0.717) is 0 Å². The van der Waals surface area contributed by atoms with Crippen LogP contribution in [0.25, 0.3) is 0 Å². The predicted octanol–water partition coefficient (Wildman–Crippen LogP) is -1.23. The molecule has 0 heterocycles. The van der Waals surface area contributed by atoms with Crippen LogP contribution in [0, 0.1) is 5.92 Å². The molecule has 0 radical (unpaired) electrons. The summed E-state index contributed by atoms with van der Waals surface area (Å²) in [6.45, 7) is 1.80. The predicted molar refractivity (Wildman–Crippen MR) is 53.4 cm³/mol. The lowest BCUT2D eigenvalue weighted by molar-refractivity contribution is -0.129. The van der Waals surface area contributed by atoms with Crippen LogP contribution in [0.2, 0.25) is 0 Å². The van der Waals surface area contributed by atoms with Crippen molar-refractivity contribution in [3.63, 3.8) is 0 Å². The van der Waals surface area contributed by atoms with Crippen LogP contribution in [-0.4, -0.2) is 36.4 Å². The van der Waals surface area contributed by atoms with Crippen LogP contribution in [0.3, 0.4) is 0 Å². The summed E-state index contributed by atoms with van der Waals surface area (Å²) in [5, 5.41) is 14.8. The number of aliphatic hydroxyl groups is 1. The number of hydrogen-bond acceptors (Lipinski definition) is 4. The van der Waals surface area contributed by atoms with Crippen molar-refractivity contribution < 1.29 is 9.90 Å². The highest BCUT2D eigenvalue weighted by Gasteiger charge is 2.49. The molecule has 5 N–H and O–H groups in total. The SMILES string of the molecule is CNC(=O)C(CN)(NC(C)O)C1CC1. The number of hydrogen-bond donors (Lipinski definition) is 4. The first kappa shape index (κ1) is 11.4. The Morgan fingerprint density at radius 3 is 2.57 bits per heavy atom. The number of nitrogens with two attached hydrogens (primary N) is 1. The summed E-state index contributed by atoms with van der Waals surface area (Å²) in [7, 11) is 1.58. The Labute approximate surface area is 84.0 Å². The van der Waals surface area contributed by atoms with E-state index < -0.39 is 11.8 Å². The first-order valence-electron chi connectivity index (χ1n) is 4.95. The van der Waals surface area contributed by atoms with E-state index in [4.69, 9.17) is 5.73 Å². The maximum Gasteiger partial charge on any atom is 0.241 e. The van der Waals surface area contributed by atoms with Crippen LogP contribution < -0.4 is 16.4 Å². The zero-order chi connectivity index (χ0) is 10.8.